The Balaban J connectivity index is 2.55. The van der Waals surface area contributed by atoms with Crippen LogP contribution in [0.1, 0.15) is 25.0 Å². The third-order valence-electron chi connectivity index (χ3n) is 2.10. The first-order chi connectivity index (χ1) is 7.59. The van der Waals surface area contributed by atoms with Gasteiger partial charge < -0.3 is 0 Å². The van der Waals surface area contributed by atoms with E-state index < -0.39 is 0 Å². The van der Waals surface area contributed by atoms with Gasteiger partial charge in [-0.3, -0.25) is 4.79 Å². The van der Waals surface area contributed by atoms with Crippen molar-refractivity contribution in [2.24, 2.45) is 0 Å². The second kappa shape index (κ2) is 6.33. The molecule has 0 amide bonds. The minimum Gasteiger partial charge on any atom is -0.288 e. The fraction of sp³-hybridized carbons (Fsp3) is 0.214. The molecule has 0 aromatic heterocycles. The van der Waals surface area contributed by atoms with E-state index in [0.717, 1.165) is 22.5 Å². The monoisotopic (exact) mass is 232 g/mol. The van der Waals surface area contributed by atoms with E-state index in [1.165, 1.54) is 11.8 Å². The number of hydrogen-bond donors (Lipinski definition) is 0. The van der Waals surface area contributed by atoms with Crippen LogP contribution in [-0.4, -0.2) is 10.9 Å². The Bertz CT molecular complexity index is 401. The molecule has 0 N–H and O–H groups in total. The molecule has 0 atom stereocenters. The zero-order valence-electron chi connectivity index (χ0n) is 9.69. The van der Waals surface area contributed by atoms with Crippen LogP contribution in [0.3, 0.4) is 0 Å². The second-order valence-corrected chi connectivity index (χ2v) is 4.80. The Kier molecular flexibility index (Phi) is 5.06. The van der Waals surface area contributed by atoms with Gasteiger partial charge in [-0.15, -0.1) is 0 Å². The molecular weight excluding hydrogens is 216 g/mol. The maximum absolute atomic E-state index is 10.7. The zero-order chi connectivity index (χ0) is 12.0. The Hall–Kier alpha value is -1.28. The highest BCUT2D eigenvalue weighted by molar-refractivity contribution is 8.13. The van der Waals surface area contributed by atoms with Crippen molar-refractivity contribution in [3.05, 3.63) is 48.0 Å². The number of rotatable bonds is 4. The lowest BCUT2D eigenvalue weighted by Gasteiger charge is -1.99. The first-order valence-electron chi connectivity index (χ1n) is 5.15. The third-order valence-corrected chi connectivity index (χ3v) is 2.86. The Morgan fingerprint density at radius 2 is 1.94 bits per heavy atom. The van der Waals surface area contributed by atoms with Gasteiger partial charge in [-0.25, -0.2) is 0 Å². The number of benzene rings is 1. The molecule has 1 nitrogen and oxygen atoms in total. The molecule has 1 aromatic rings. The van der Waals surface area contributed by atoms with Crippen molar-refractivity contribution in [2.45, 2.75) is 13.8 Å². The van der Waals surface area contributed by atoms with Gasteiger partial charge in [0, 0.05) is 12.7 Å². The summed E-state index contributed by atoms with van der Waals surface area (Å²) >= 11 is 1.32. The summed E-state index contributed by atoms with van der Waals surface area (Å²) < 4.78 is 0. The van der Waals surface area contributed by atoms with E-state index in [4.69, 9.17) is 0 Å². The molecule has 0 fully saturated rings. The highest BCUT2D eigenvalue weighted by atomic mass is 32.2. The normalized spacial score (nSPS) is 10.6. The lowest BCUT2D eigenvalue weighted by molar-refractivity contribution is -0.109. The van der Waals surface area contributed by atoms with Crippen molar-refractivity contribution in [3.8, 4) is 0 Å². The molecule has 84 valence electrons. The molecule has 0 bridgehead atoms. The third kappa shape index (κ3) is 4.49. The number of carbonyl (C=O) groups is 1. The molecule has 0 unspecified atom stereocenters. The van der Waals surface area contributed by atoms with Gasteiger partial charge in [-0.1, -0.05) is 60.3 Å². The molecular formula is C14H16OS. The minimum absolute atomic E-state index is 0.155. The lowest BCUT2D eigenvalue weighted by atomic mass is 10.1. The van der Waals surface area contributed by atoms with E-state index in [-0.39, 0.29) is 5.12 Å². The summed E-state index contributed by atoms with van der Waals surface area (Å²) in [6, 6.07) is 8.22. The van der Waals surface area contributed by atoms with E-state index in [2.05, 4.69) is 30.8 Å². The van der Waals surface area contributed by atoms with Gasteiger partial charge in [0.05, 0.1) is 0 Å². The van der Waals surface area contributed by atoms with E-state index in [9.17, 15) is 4.79 Å². The van der Waals surface area contributed by atoms with Crippen LogP contribution in [0.5, 0.6) is 0 Å². The number of allylic oxidation sites excluding steroid dienone is 1. The zero-order valence-corrected chi connectivity index (χ0v) is 10.5. The average molecular weight is 232 g/mol. The predicted octanol–water partition coefficient (Wildman–Crippen LogP) is 4.01. The van der Waals surface area contributed by atoms with Crippen LogP contribution in [-0.2, 0) is 4.79 Å². The molecule has 1 rings (SSSR count). The van der Waals surface area contributed by atoms with Crippen LogP contribution in [0.4, 0.5) is 0 Å². The summed E-state index contributed by atoms with van der Waals surface area (Å²) in [5.41, 5.74) is 3.38. The molecule has 1 aromatic carbocycles. The smallest absolute Gasteiger partial charge is 0.186 e. The van der Waals surface area contributed by atoms with Gasteiger partial charge >= 0.3 is 0 Å². The molecule has 0 aliphatic heterocycles. The average Bonchev–Trinajstić information content (AvgIpc) is 2.25. The minimum atomic E-state index is 0.155. The lowest BCUT2D eigenvalue weighted by Crippen LogP contribution is -1.82. The summed E-state index contributed by atoms with van der Waals surface area (Å²) in [7, 11) is 0. The maximum atomic E-state index is 10.7. The summed E-state index contributed by atoms with van der Waals surface area (Å²) in [6.07, 6.45) is 4.03. The fourth-order valence-corrected chi connectivity index (χ4v) is 1.66. The Morgan fingerprint density at radius 1 is 1.31 bits per heavy atom. The molecule has 0 saturated carbocycles. The van der Waals surface area contributed by atoms with Crippen molar-refractivity contribution in [1.82, 2.24) is 0 Å². The summed E-state index contributed by atoms with van der Waals surface area (Å²) in [4.78, 5) is 10.7. The summed E-state index contributed by atoms with van der Waals surface area (Å²) in [5, 5.41) is 0.155. The van der Waals surface area contributed by atoms with Crippen molar-refractivity contribution in [3.63, 3.8) is 0 Å². The van der Waals surface area contributed by atoms with Gasteiger partial charge in [0.15, 0.2) is 5.12 Å². The Labute approximate surface area is 101 Å². The molecule has 0 heterocycles. The highest BCUT2D eigenvalue weighted by Crippen LogP contribution is 2.13. The van der Waals surface area contributed by atoms with Crippen molar-refractivity contribution < 1.29 is 4.79 Å². The van der Waals surface area contributed by atoms with Crippen LogP contribution in [0.15, 0.2) is 36.9 Å². The highest BCUT2D eigenvalue weighted by Gasteiger charge is 1.93. The van der Waals surface area contributed by atoms with E-state index >= 15 is 0 Å². The first kappa shape index (κ1) is 12.8. The Morgan fingerprint density at radius 3 is 2.44 bits per heavy atom. The predicted molar refractivity (Wildman–Crippen MR) is 73.3 cm³/mol. The first-order valence-corrected chi connectivity index (χ1v) is 6.14. The van der Waals surface area contributed by atoms with Crippen LogP contribution in [0.2, 0.25) is 0 Å². The van der Waals surface area contributed by atoms with Crippen LogP contribution >= 0.6 is 11.8 Å². The van der Waals surface area contributed by atoms with E-state index in [0.29, 0.717) is 0 Å². The topological polar surface area (TPSA) is 17.1 Å². The molecule has 0 spiro atoms. The number of thioether (sulfide) groups is 1. The van der Waals surface area contributed by atoms with Gasteiger partial charge in [0.2, 0.25) is 0 Å². The van der Waals surface area contributed by atoms with Crippen LogP contribution in [0.25, 0.3) is 11.6 Å². The van der Waals surface area contributed by atoms with Gasteiger partial charge in [0.1, 0.15) is 0 Å². The summed E-state index contributed by atoms with van der Waals surface area (Å²) in [6.45, 7) is 7.47. The summed E-state index contributed by atoms with van der Waals surface area (Å²) in [5.74, 6) is 0.734. The van der Waals surface area contributed by atoms with E-state index in [1.54, 1.807) is 6.92 Å². The maximum Gasteiger partial charge on any atom is 0.186 e. The van der Waals surface area contributed by atoms with Gasteiger partial charge in [-0.2, -0.15) is 0 Å². The van der Waals surface area contributed by atoms with Crippen molar-refractivity contribution >= 4 is 28.5 Å². The quantitative estimate of drug-likeness (QED) is 0.780. The molecule has 16 heavy (non-hydrogen) atoms. The van der Waals surface area contributed by atoms with Gasteiger partial charge in [-0.05, 0) is 18.1 Å². The van der Waals surface area contributed by atoms with E-state index in [1.807, 2.05) is 19.1 Å². The molecule has 2 heteroatoms. The molecule has 0 aliphatic carbocycles. The standard InChI is InChI=1S/C14H16OS/c1-11(2)14-8-6-13(7-9-14)5-4-10-16-12(3)15/h4-9H,1,10H2,2-3H3. The molecule has 0 radical (unpaired) electrons. The SMILES string of the molecule is C=C(C)c1ccc(C=CCSC(C)=O)cc1. The largest absolute Gasteiger partial charge is 0.288 e. The molecule has 0 saturated heterocycles. The van der Waals surface area contributed by atoms with Crippen molar-refractivity contribution in [1.29, 1.82) is 0 Å². The van der Waals surface area contributed by atoms with Crippen LogP contribution < -0.4 is 0 Å². The van der Waals surface area contributed by atoms with Crippen molar-refractivity contribution in [2.75, 3.05) is 5.75 Å². The van der Waals surface area contributed by atoms with Crippen LogP contribution in [0, 0.1) is 0 Å². The number of carbonyl (C=O) groups excluding carboxylic acids is 1. The van der Waals surface area contributed by atoms with Gasteiger partial charge in [0.25, 0.3) is 0 Å². The second-order valence-electron chi connectivity index (χ2n) is 3.61. The molecule has 0 aliphatic rings. The fourth-order valence-electron chi connectivity index (χ4n) is 1.23. The number of hydrogen-bond acceptors (Lipinski definition) is 2.